The number of nitrogens with two attached hydrogens (primary N) is 1. The molecule has 4 heteroatoms. The van der Waals surface area contributed by atoms with Gasteiger partial charge < -0.3 is 5.73 Å². The largest absolute Gasteiger partial charge is 0.325 e. The van der Waals surface area contributed by atoms with Crippen molar-refractivity contribution in [2.24, 2.45) is 5.73 Å². The van der Waals surface area contributed by atoms with Crippen LogP contribution in [0.5, 0.6) is 0 Å². The maximum atomic E-state index is 6.05. The molecule has 0 aliphatic rings. The summed E-state index contributed by atoms with van der Waals surface area (Å²) in [7, 11) is 0. The Kier molecular flexibility index (Phi) is 4.06. The van der Waals surface area contributed by atoms with Crippen LogP contribution in [0.4, 0.5) is 0 Å². The normalized spacial score (nSPS) is 11.7. The van der Waals surface area contributed by atoms with Crippen LogP contribution >= 0.6 is 11.3 Å². The molecule has 1 aromatic carbocycles. The lowest BCUT2D eigenvalue weighted by Crippen LogP contribution is -2.04. The number of benzene rings is 1. The van der Waals surface area contributed by atoms with Crippen molar-refractivity contribution >= 4 is 16.3 Å². The average molecular weight is 313 g/mol. The monoisotopic (exact) mass is 313 g/mol. The first-order valence-corrected chi connectivity index (χ1v) is 8.68. The molecule has 0 aliphatic carbocycles. The van der Waals surface area contributed by atoms with E-state index in [1.165, 1.54) is 16.1 Å². The molecule has 2 heterocycles. The SMILES string of the molecule is CCc1c(C)sc2nc(-c3ccc(C(C)C)cc3)c(CN)n12. The number of aryl methyl sites for hydroxylation is 2. The summed E-state index contributed by atoms with van der Waals surface area (Å²) in [4.78, 5) is 7.25. The molecule has 0 saturated heterocycles. The lowest BCUT2D eigenvalue weighted by Gasteiger charge is -2.08. The minimum atomic E-state index is 0.506. The molecule has 0 radical (unpaired) electrons. The predicted molar refractivity (Wildman–Crippen MR) is 94.6 cm³/mol. The van der Waals surface area contributed by atoms with Crippen LogP contribution in [-0.4, -0.2) is 9.38 Å². The van der Waals surface area contributed by atoms with Gasteiger partial charge in [-0.2, -0.15) is 0 Å². The number of fused-ring (bicyclic) bond motifs is 1. The molecule has 0 unspecified atom stereocenters. The first kappa shape index (κ1) is 15.3. The number of rotatable bonds is 4. The van der Waals surface area contributed by atoms with E-state index in [9.17, 15) is 0 Å². The first-order chi connectivity index (χ1) is 10.6. The van der Waals surface area contributed by atoms with Gasteiger partial charge in [-0.05, 0) is 24.8 Å². The van der Waals surface area contributed by atoms with Crippen LogP contribution < -0.4 is 5.73 Å². The fraction of sp³-hybridized carbons (Fsp3) is 0.389. The smallest absolute Gasteiger partial charge is 0.194 e. The third-order valence-electron chi connectivity index (χ3n) is 4.24. The molecule has 2 N–H and O–H groups in total. The molecule has 0 bridgehead atoms. The summed E-state index contributed by atoms with van der Waals surface area (Å²) < 4.78 is 2.26. The van der Waals surface area contributed by atoms with Crippen molar-refractivity contribution in [1.82, 2.24) is 9.38 Å². The second-order valence-corrected chi connectivity index (χ2v) is 7.15. The Balaban J connectivity index is 2.16. The fourth-order valence-corrected chi connectivity index (χ4v) is 4.06. The number of thiazole rings is 1. The van der Waals surface area contributed by atoms with Gasteiger partial charge in [0.05, 0.1) is 11.4 Å². The van der Waals surface area contributed by atoms with Gasteiger partial charge in [-0.3, -0.25) is 4.40 Å². The van der Waals surface area contributed by atoms with Gasteiger partial charge >= 0.3 is 0 Å². The zero-order valence-electron chi connectivity index (χ0n) is 13.7. The highest BCUT2D eigenvalue weighted by Gasteiger charge is 2.18. The molecule has 0 amide bonds. The predicted octanol–water partition coefficient (Wildman–Crippen LogP) is 4.52. The van der Waals surface area contributed by atoms with Gasteiger partial charge in [-0.15, -0.1) is 11.3 Å². The van der Waals surface area contributed by atoms with Crippen LogP contribution in [0.3, 0.4) is 0 Å². The Morgan fingerprint density at radius 2 is 1.86 bits per heavy atom. The first-order valence-electron chi connectivity index (χ1n) is 7.86. The van der Waals surface area contributed by atoms with E-state index in [4.69, 9.17) is 10.7 Å². The van der Waals surface area contributed by atoms with Crippen molar-refractivity contribution in [2.45, 2.75) is 46.6 Å². The highest BCUT2D eigenvalue weighted by atomic mass is 32.1. The molecular formula is C18H23N3S. The summed E-state index contributed by atoms with van der Waals surface area (Å²) in [5.74, 6) is 0.544. The lowest BCUT2D eigenvalue weighted by atomic mass is 10.0. The summed E-state index contributed by atoms with van der Waals surface area (Å²) in [6.07, 6.45) is 1.00. The molecular weight excluding hydrogens is 290 g/mol. The van der Waals surface area contributed by atoms with Gasteiger partial charge in [0.2, 0.25) is 0 Å². The summed E-state index contributed by atoms with van der Waals surface area (Å²) in [6.45, 7) is 9.28. The molecule has 0 aliphatic heterocycles. The minimum Gasteiger partial charge on any atom is -0.325 e. The van der Waals surface area contributed by atoms with E-state index < -0.39 is 0 Å². The van der Waals surface area contributed by atoms with Crippen LogP contribution in [0.2, 0.25) is 0 Å². The number of aromatic nitrogens is 2. The summed E-state index contributed by atoms with van der Waals surface area (Å²) in [5.41, 5.74) is 12.0. The maximum absolute atomic E-state index is 6.05. The number of imidazole rings is 1. The molecule has 0 atom stereocenters. The lowest BCUT2D eigenvalue weighted by molar-refractivity contribution is 0.866. The molecule has 116 valence electrons. The molecule has 0 fully saturated rings. The summed E-state index contributed by atoms with van der Waals surface area (Å²) in [6, 6.07) is 8.72. The maximum Gasteiger partial charge on any atom is 0.194 e. The average Bonchev–Trinajstić information content (AvgIpc) is 3.01. The van der Waals surface area contributed by atoms with Crippen LogP contribution in [0.25, 0.3) is 16.2 Å². The standard InChI is InChI=1S/C18H23N3S/c1-5-15-12(4)22-18-20-17(16(10-19)21(15)18)14-8-6-13(7-9-14)11(2)3/h6-9,11H,5,10,19H2,1-4H3. The highest BCUT2D eigenvalue weighted by Crippen LogP contribution is 2.31. The summed E-state index contributed by atoms with van der Waals surface area (Å²) >= 11 is 1.75. The van der Waals surface area contributed by atoms with E-state index in [0.29, 0.717) is 12.5 Å². The van der Waals surface area contributed by atoms with Gasteiger partial charge in [0.15, 0.2) is 4.96 Å². The van der Waals surface area contributed by atoms with Crippen LogP contribution in [0.15, 0.2) is 24.3 Å². The van der Waals surface area contributed by atoms with Gasteiger partial charge in [-0.25, -0.2) is 4.98 Å². The van der Waals surface area contributed by atoms with Crippen LogP contribution in [0.1, 0.15) is 48.5 Å². The Hall–Kier alpha value is -1.65. The van der Waals surface area contributed by atoms with E-state index in [1.54, 1.807) is 11.3 Å². The highest BCUT2D eigenvalue weighted by molar-refractivity contribution is 7.17. The Bertz CT molecular complexity index is 794. The molecule has 3 rings (SSSR count). The van der Waals surface area contributed by atoms with Gasteiger partial charge in [0, 0.05) is 22.7 Å². The van der Waals surface area contributed by atoms with Crippen molar-refractivity contribution in [1.29, 1.82) is 0 Å². The van der Waals surface area contributed by atoms with E-state index >= 15 is 0 Å². The second kappa shape index (κ2) is 5.86. The zero-order valence-corrected chi connectivity index (χ0v) is 14.5. The van der Waals surface area contributed by atoms with Crippen molar-refractivity contribution in [3.8, 4) is 11.3 Å². The van der Waals surface area contributed by atoms with Crippen molar-refractivity contribution in [3.63, 3.8) is 0 Å². The van der Waals surface area contributed by atoms with Gasteiger partial charge in [0.25, 0.3) is 0 Å². The topological polar surface area (TPSA) is 43.3 Å². The molecule has 0 spiro atoms. The Labute approximate surface area is 135 Å². The van der Waals surface area contributed by atoms with E-state index in [1.807, 2.05) is 0 Å². The van der Waals surface area contributed by atoms with Crippen molar-refractivity contribution in [2.75, 3.05) is 0 Å². The number of hydrogen-bond donors (Lipinski definition) is 1. The molecule has 0 saturated carbocycles. The molecule has 3 nitrogen and oxygen atoms in total. The van der Waals surface area contributed by atoms with E-state index in [-0.39, 0.29) is 0 Å². The third kappa shape index (κ3) is 2.36. The van der Waals surface area contributed by atoms with Crippen molar-refractivity contribution < 1.29 is 0 Å². The van der Waals surface area contributed by atoms with Crippen LogP contribution in [-0.2, 0) is 13.0 Å². The number of hydrogen-bond acceptors (Lipinski definition) is 3. The second-order valence-electron chi connectivity index (χ2n) is 5.96. The Morgan fingerprint density at radius 3 is 2.41 bits per heavy atom. The molecule has 3 aromatic rings. The van der Waals surface area contributed by atoms with Crippen molar-refractivity contribution in [3.05, 3.63) is 46.1 Å². The quantitative estimate of drug-likeness (QED) is 0.770. The van der Waals surface area contributed by atoms with Crippen LogP contribution in [0, 0.1) is 6.92 Å². The van der Waals surface area contributed by atoms with E-state index in [0.717, 1.165) is 28.3 Å². The fourth-order valence-electron chi connectivity index (χ4n) is 2.98. The van der Waals surface area contributed by atoms with Gasteiger partial charge in [0.1, 0.15) is 0 Å². The van der Waals surface area contributed by atoms with Gasteiger partial charge in [-0.1, -0.05) is 45.0 Å². The summed E-state index contributed by atoms with van der Waals surface area (Å²) in [5, 5.41) is 0. The molecule has 22 heavy (non-hydrogen) atoms. The molecule has 2 aromatic heterocycles. The zero-order chi connectivity index (χ0) is 15.9. The van der Waals surface area contributed by atoms with E-state index in [2.05, 4.69) is 56.4 Å². The Morgan fingerprint density at radius 1 is 1.18 bits per heavy atom. The minimum absolute atomic E-state index is 0.506. The third-order valence-corrected chi connectivity index (χ3v) is 5.24. The number of nitrogens with zero attached hydrogens (tertiary/aromatic N) is 2.